The molecule has 1 N–H and O–H groups in total. The van der Waals surface area contributed by atoms with Crippen LogP contribution in [0.4, 0.5) is 0 Å². The van der Waals surface area contributed by atoms with Gasteiger partial charge in [-0.15, -0.1) is 0 Å². The van der Waals surface area contributed by atoms with Crippen LogP contribution >= 0.6 is 11.8 Å². The summed E-state index contributed by atoms with van der Waals surface area (Å²) in [4.78, 5) is 12.2. The zero-order chi connectivity index (χ0) is 14.1. The monoisotopic (exact) mass is 287 g/mol. The zero-order valence-corrected chi connectivity index (χ0v) is 13.5. The molecule has 4 heteroatoms. The van der Waals surface area contributed by atoms with E-state index in [1.165, 1.54) is 31.4 Å². The molecule has 2 atom stereocenters. The molecular weight excluding hydrogens is 258 g/mol. The van der Waals surface area contributed by atoms with Crippen LogP contribution in [0.15, 0.2) is 0 Å². The number of ether oxygens (including phenoxy) is 1. The van der Waals surface area contributed by atoms with Crippen molar-refractivity contribution in [3.05, 3.63) is 0 Å². The van der Waals surface area contributed by atoms with Gasteiger partial charge in [0.1, 0.15) is 5.54 Å². The predicted molar refractivity (Wildman–Crippen MR) is 82.7 cm³/mol. The summed E-state index contributed by atoms with van der Waals surface area (Å²) in [5.41, 5.74) is -0.434. The highest BCUT2D eigenvalue weighted by molar-refractivity contribution is 7.99. The van der Waals surface area contributed by atoms with Crippen LogP contribution in [-0.4, -0.2) is 36.2 Å². The second-order valence-corrected chi connectivity index (χ2v) is 6.76. The lowest BCUT2D eigenvalue weighted by Gasteiger charge is -2.38. The number of rotatable bonds is 8. The molecule has 0 heterocycles. The fraction of sp³-hybridized carbons (Fsp3) is 0.933. The van der Waals surface area contributed by atoms with Gasteiger partial charge in [0.05, 0.1) is 6.61 Å². The van der Waals surface area contributed by atoms with E-state index in [1.807, 2.05) is 25.7 Å². The first kappa shape index (κ1) is 16.8. The molecule has 0 saturated heterocycles. The van der Waals surface area contributed by atoms with Crippen molar-refractivity contribution < 1.29 is 9.53 Å². The highest BCUT2D eigenvalue weighted by atomic mass is 32.2. The Balaban J connectivity index is 2.48. The van der Waals surface area contributed by atoms with Crippen molar-refractivity contribution >= 4 is 17.7 Å². The molecule has 3 nitrogen and oxygen atoms in total. The summed E-state index contributed by atoms with van der Waals surface area (Å²) in [6, 6.07) is 0. The molecule has 1 saturated carbocycles. The Labute approximate surface area is 122 Å². The number of hydrogen-bond donors (Lipinski definition) is 1. The summed E-state index contributed by atoms with van der Waals surface area (Å²) in [5, 5.41) is 3.85. The van der Waals surface area contributed by atoms with Crippen molar-refractivity contribution in [1.29, 1.82) is 0 Å². The first-order chi connectivity index (χ1) is 9.18. The summed E-state index contributed by atoms with van der Waals surface area (Å²) < 4.78 is 5.26. The molecule has 0 spiro atoms. The van der Waals surface area contributed by atoms with E-state index in [0.717, 1.165) is 19.3 Å². The zero-order valence-electron chi connectivity index (χ0n) is 12.7. The first-order valence-corrected chi connectivity index (χ1v) is 8.71. The third kappa shape index (κ3) is 4.99. The van der Waals surface area contributed by atoms with Gasteiger partial charge < -0.3 is 10.1 Å². The average Bonchev–Trinajstić information content (AvgIpc) is 2.44. The van der Waals surface area contributed by atoms with E-state index < -0.39 is 5.54 Å². The van der Waals surface area contributed by atoms with E-state index in [2.05, 4.69) is 12.2 Å². The molecule has 0 aliphatic heterocycles. The Morgan fingerprint density at radius 1 is 1.42 bits per heavy atom. The van der Waals surface area contributed by atoms with Crippen LogP contribution in [0.3, 0.4) is 0 Å². The van der Waals surface area contributed by atoms with Crippen molar-refractivity contribution in [3.8, 4) is 0 Å². The van der Waals surface area contributed by atoms with Gasteiger partial charge in [0.25, 0.3) is 0 Å². The first-order valence-electron chi connectivity index (χ1n) is 7.66. The van der Waals surface area contributed by atoms with E-state index in [1.54, 1.807) is 0 Å². The van der Waals surface area contributed by atoms with Crippen LogP contribution in [0.5, 0.6) is 0 Å². The van der Waals surface area contributed by atoms with Crippen LogP contribution in [0.1, 0.15) is 58.8 Å². The molecule has 0 aromatic rings. The Kier molecular flexibility index (Phi) is 7.84. The summed E-state index contributed by atoms with van der Waals surface area (Å²) >= 11 is 2.04. The number of esters is 1. The van der Waals surface area contributed by atoms with E-state index >= 15 is 0 Å². The topological polar surface area (TPSA) is 38.3 Å². The maximum atomic E-state index is 12.2. The number of likely N-dealkylation sites (N-methyl/N-ethyl adjacent to an activating group) is 1. The van der Waals surface area contributed by atoms with Gasteiger partial charge in [-0.1, -0.05) is 19.8 Å². The van der Waals surface area contributed by atoms with E-state index in [0.29, 0.717) is 11.9 Å². The van der Waals surface area contributed by atoms with Gasteiger partial charge in [-0.25, -0.2) is 0 Å². The molecule has 2 unspecified atom stereocenters. The van der Waals surface area contributed by atoms with Crippen LogP contribution < -0.4 is 5.32 Å². The number of thioether (sulfide) groups is 1. The van der Waals surface area contributed by atoms with E-state index in [-0.39, 0.29) is 5.97 Å². The van der Waals surface area contributed by atoms with Gasteiger partial charge in [0.2, 0.25) is 0 Å². The maximum Gasteiger partial charge on any atom is 0.326 e. The highest BCUT2D eigenvalue weighted by Gasteiger charge is 2.42. The second-order valence-electron chi connectivity index (χ2n) is 5.35. The van der Waals surface area contributed by atoms with Gasteiger partial charge >= 0.3 is 5.97 Å². The van der Waals surface area contributed by atoms with Crippen LogP contribution in [0, 0.1) is 0 Å². The number of carbonyl (C=O) groups excluding carboxylic acids is 1. The molecule has 0 radical (unpaired) electrons. The lowest BCUT2D eigenvalue weighted by molar-refractivity contribution is -0.152. The normalized spacial score (nSPS) is 27.2. The molecular formula is C15H29NO2S. The number of carbonyl (C=O) groups is 1. The van der Waals surface area contributed by atoms with Gasteiger partial charge in [-0.05, 0) is 51.8 Å². The maximum absolute atomic E-state index is 12.2. The van der Waals surface area contributed by atoms with E-state index in [4.69, 9.17) is 4.74 Å². The lowest BCUT2D eigenvalue weighted by atomic mass is 9.81. The second kappa shape index (κ2) is 8.85. The van der Waals surface area contributed by atoms with Crippen LogP contribution in [0.25, 0.3) is 0 Å². The molecule has 19 heavy (non-hydrogen) atoms. The molecule has 112 valence electrons. The molecule has 0 aromatic heterocycles. The van der Waals surface area contributed by atoms with Gasteiger partial charge in [0.15, 0.2) is 0 Å². The number of hydrogen-bond acceptors (Lipinski definition) is 4. The Morgan fingerprint density at radius 3 is 2.84 bits per heavy atom. The fourth-order valence-corrected chi connectivity index (χ4v) is 4.19. The Bertz CT molecular complexity index is 273. The molecule has 1 rings (SSSR count). The van der Waals surface area contributed by atoms with Crippen molar-refractivity contribution in [2.24, 2.45) is 0 Å². The van der Waals surface area contributed by atoms with Crippen LogP contribution in [0.2, 0.25) is 0 Å². The van der Waals surface area contributed by atoms with E-state index in [9.17, 15) is 4.79 Å². The Morgan fingerprint density at radius 2 is 2.21 bits per heavy atom. The SMILES string of the molecule is CCCCCSC1CCCC(NC)(C(=O)OCC)C1. The minimum Gasteiger partial charge on any atom is -0.465 e. The highest BCUT2D eigenvalue weighted by Crippen LogP contribution is 2.36. The summed E-state index contributed by atoms with van der Waals surface area (Å²) in [6.45, 7) is 4.58. The standard InChI is InChI=1S/C15H29NO2S/c1-4-6-7-11-19-13-9-8-10-15(12-13,16-3)14(17)18-5-2/h13,16H,4-12H2,1-3H3. The molecule has 1 aliphatic carbocycles. The summed E-state index contributed by atoms with van der Waals surface area (Å²) in [5.74, 6) is 1.16. The molecule has 1 fully saturated rings. The van der Waals surface area contributed by atoms with Crippen molar-refractivity contribution in [3.63, 3.8) is 0 Å². The Hall–Kier alpha value is -0.220. The molecule has 0 amide bonds. The summed E-state index contributed by atoms with van der Waals surface area (Å²) in [7, 11) is 1.89. The van der Waals surface area contributed by atoms with Crippen LogP contribution in [-0.2, 0) is 9.53 Å². The molecule has 0 aromatic carbocycles. The quantitative estimate of drug-likeness (QED) is 0.549. The van der Waals surface area contributed by atoms with Gasteiger partial charge in [-0.2, -0.15) is 11.8 Å². The average molecular weight is 287 g/mol. The van der Waals surface area contributed by atoms with Gasteiger partial charge in [-0.3, -0.25) is 4.79 Å². The molecule has 1 aliphatic rings. The fourth-order valence-electron chi connectivity index (χ4n) is 2.75. The lowest BCUT2D eigenvalue weighted by Crippen LogP contribution is -2.54. The van der Waals surface area contributed by atoms with Gasteiger partial charge in [0, 0.05) is 5.25 Å². The largest absolute Gasteiger partial charge is 0.465 e. The smallest absolute Gasteiger partial charge is 0.326 e. The van der Waals surface area contributed by atoms with Crippen molar-refractivity contribution in [1.82, 2.24) is 5.32 Å². The van der Waals surface area contributed by atoms with Crippen molar-refractivity contribution in [2.75, 3.05) is 19.4 Å². The minimum atomic E-state index is -0.434. The predicted octanol–water partition coefficient (Wildman–Crippen LogP) is 3.37. The third-order valence-electron chi connectivity index (χ3n) is 3.95. The summed E-state index contributed by atoms with van der Waals surface area (Å²) in [6.07, 6.45) is 8.06. The number of unbranched alkanes of at least 4 members (excludes halogenated alkanes) is 2. The number of nitrogens with one attached hydrogen (secondary N) is 1. The minimum absolute atomic E-state index is 0.0589. The van der Waals surface area contributed by atoms with Crippen molar-refractivity contribution in [2.45, 2.75) is 69.6 Å². The third-order valence-corrected chi connectivity index (χ3v) is 5.35. The molecule has 0 bridgehead atoms.